The van der Waals surface area contributed by atoms with Gasteiger partial charge in [0, 0.05) is 25.0 Å². The highest BCUT2D eigenvalue weighted by Crippen LogP contribution is 2.27. The molecule has 3 rings (SSSR count). The highest BCUT2D eigenvalue weighted by Gasteiger charge is 2.17. The van der Waals surface area contributed by atoms with Crippen molar-refractivity contribution in [2.75, 3.05) is 25.2 Å². The average molecular weight is 466 g/mol. The summed E-state index contributed by atoms with van der Waals surface area (Å²) in [4.78, 5) is 4.84. The van der Waals surface area contributed by atoms with Gasteiger partial charge in [0.15, 0.2) is 22.0 Å². The molecular formula is C21H24FN3O4S2. The molecule has 0 saturated heterocycles. The Balaban J connectivity index is 1.95. The minimum Gasteiger partial charge on any atom is -0.352 e. The Kier molecular flexibility index (Phi) is 7.82. The van der Waals surface area contributed by atoms with E-state index in [1.54, 1.807) is 28.9 Å². The summed E-state index contributed by atoms with van der Waals surface area (Å²) in [6, 6.07) is 12.3. The van der Waals surface area contributed by atoms with Gasteiger partial charge in [-0.2, -0.15) is 0 Å². The van der Waals surface area contributed by atoms with E-state index in [2.05, 4.69) is 10.1 Å². The summed E-state index contributed by atoms with van der Waals surface area (Å²) in [6.07, 6.45) is 0.778. The van der Waals surface area contributed by atoms with Gasteiger partial charge in [0.2, 0.25) is 5.16 Å². The van der Waals surface area contributed by atoms with Crippen molar-refractivity contribution in [2.24, 2.45) is 0 Å². The molecule has 0 radical (unpaired) electrons. The van der Waals surface area contributed by atoms with Crippen LogP contribution in [0, 0.1) is 5.82 Å². The Morgan fingerprint density at radius 2 is 1.65 bits per heavy atom. The van der Waals surface area contributed by atoms with Crippen LogP contribution in [0.15, 0.2) is 58.6 Å². The standard InChI is InChI=1S/C21H24FN3O4S2/c1-4-28-19(29-5-2)14-30-21-23-20(15-6-12-18(13-7-15)31(3,26)27)25(24-21)17-10-8-16(22)9-11-17/h6-13,19H,4-5,14H2,1-3H3. The van der Waals surface area contributed by atoms with Crippen LogP contribution in [0.2, 0.25) is 0 Å². The summed E-state index contributed by atoms with van der Waals surface area (Å²) in [7, 11) is -3.31. The van der Waals surface area contributed by atoms with Crippen LogP contribution in [0.5, 0.6) is 0 Å². The molecule has 0 unspecified atom stereocenters. The Bertz CT molecular complexity index is 1090. The number of thioether (sulfide) groups is 1. The molecule has 0 aliphatic heterocycles. The van der Waals surface area contributed by atoms with Gasteiger partial charge in [0.05, 0.1) is 16.3 Å². The zero-order valence-corrected chi connectivity index (χ0v) is 19.1. The third kappa shape index (κ3) is 6.13. The van der Waals surface area contributed by atoms with Gasteiger partial charge in [0.1, 0.15) is 5.82 Å². The Morgan fingerprint density at radius 1 is 1.03 bits per heavy atom. The van der Waals surface area contributed by atoms with Crippen molar-refractivity contribution in [3.8, 4) is 17.1 Å². The number of rotatable bonds is 10. The summed E-state index contributed by atoms with van der Waals surface area (Å²) in [5, 5.41) is 5.06. The maximum atomic E-state index is 13.4. The lowest BCUT2D eigenvalue weighted by atomic mass is 10.2. The van der Waals surface area contributed by atoms with E-state index in [1.165, 1.54) is 36.0 Å². The minimum atomic E-state index is -3.31. The largest absolute Gasteiger partial charge is 0.352 e. The van der Waals surface area contributed by atoms with Crippen molar-refractivity contribution < 1.29 is 22.3 Å². The normalized spacial score (nSPS) is 11.9. The number of hydrogen-bond donors (Lipinski definition) is 0. The first kappa shape index (κ1) is 23.4. The van der Waals surface area contributed by atoms with Gasteiger partial charge >= 0.3 is 0 Å². The van der Waals surface area contributed by atoms with Crippen LogP contribution in [-0.2, 0) is 19.3 Å². The van der Waals surface area contributed by atoms with E-state index in [9.17, 15) is 12.8 Å². The van der Waals surface area contributed by atoms with Crippen LogP contribution in [-0.4, -0.2) is 54.7 Å². The fraction of sp³-hybridized carbons (Fsp3) is 0.333. The average Bonchev–Trinajstić information content (AvgIpc) is 3.17. The van der Waals surface area contributed by atoms with E-state index < -0.39 is 9.84 Å². The van der Waals surface area contributed by atoms with Crippen molar-refractivity contribution in [3.63, 3.8) is 0 Å². The number of hydrogen-bond acceptors (Lipinski definition) is 7. The number of halogens is 1. The summed E-state index contributed by atoms with van der Waals surface area (Å²) >= 11 is 1.38. The van der Waals surface area contributed by atoms with Crippen LogP contribution in [0.1, 0.15) is 13.8 Å². The molecule has 0 fully saturated rings. The van der Waals surface area contributed by atoms with Gasteiger partial charge in [-0.25, -0.2) is 22.5 Å². The molecule has 0 aliphatic rings. The molecule has 7 nitrogen and oxygen atoms in total. The number of benzene rings is 2. The van der Waals surface area contributed by atoms with Gasteiger partial charge in [-0.05, 0) is 62.4 Å². The number of nitrogens with zero attached hydrogens (tertiary/aromatic N) is 3. The smallest absolute Gasteiger partial charge is 0.209 e. The monoisotopic (exact) mass is 465 g/mol. The van der Waals surface area contributed by atoms with Crippen molar-refractivity contribution >= 4 is 21.6 Å². The van der Waals surface area contributed by atoms with Crippen LogP contribution in [0.4, 0.5) is 4.39 Å². The second-order valence-corrected chi connectivity index (χ2v) is 9.56. The lowest BCUT2D eigenvalue weighted by Gasteiger charge is -2.15. The van der Waals surface area contributed by atoms with Crippen LogP contribution >= 0.6 is 11.8 Å². The third-order valence-electron chi connectivity index (χ3n) is 4.25. The molecule has 1 heterocycles. The predicted octanol–water partition coefficient (Wildman–Crippen LogP) is 3.97. The van der Waals surface area contributed by atoms with Crippen molar-refractivity contribution in [3.05, 3.63) is 54.3 Å². The second-order valence-electron chi connectivity index (χ2n) is 6.55. The zero-order chi connectivity index (χ0) is 22.4. The van der Waals surface area contributed by atoms with Gasteiger partial charge in [0.25, 0.3) is 0 Å². The molecule has 1 aromatic heterocycles. The Morgan fingerprint density at radius 3 is 2.19 bits per heavy atom. The molecule has 10 heteroatoms. The van der Waals surface area contributed by atoms with Crippen molar-refractivity contribution in [2.45, 2.75) is 30.2 Å². The van der Waals surface area contributed by atoms with Crippen LogP contribution in [0.3, 0.4) is 0 Å². The SMILES string of the molecule is CCOC(CSc1nc(-c2ccc(S(C)(=O)=O)cc2)n(-c2ccc(F)cc2)n1)OCC. The van der Waals surface area contributed by atoms with E-state index in [0.29, 0.717) is 41.2 Å². The van der Waals surface area contributed by atoms with Gasteiger partial charge in [-0.3, -0.25) is 0 Å². The maximum absolute atomic E-state index is 13.4. The summed E-state index contributed by atoms with van der Waals surface area (Å²) in [5.74, 6) is 0.661. The fourth-order valence-corrected chi connectivity index (χ4v) is 4.21. The molecule has 2 aromatic carbocycles. The Hall–Kier alpha value is -2.27. The van der Waals surface area contributed by atoms with E-state index in [0.717, 1.165) is 6.26 Å². The topological polar surface area (TPSA) is 83.3 Å². The molecule has 0 N–H and O–H groups in total. The molecule has 0 amide bonds. The zero-order valence-electron chi connectivity index (χ0n) is 17.5. The molecule has 0 aliphatic carbocycles. The van der Waals surface area contributed by atoms with Crippen molar-refractivity contribution in [1.82, 2.24) is 14.8 Å². The molecule has 31 heavy (non-hydrogen) atoms. The predicted molar refractivity (Wildman–Crippen MR) is 118 cm³/mol. The first-order valence-electron chi connectivity index (χ1n) is 9.71. The third-order valence-corrected chi connectivity index (χ3v) is 6.25. The number of sulfone groups is 1. The summed E-state index contributed by atoms with van der Waals surface area (Å²) in [6.45, 7) is 4.86. The van der Waals surface area contributed by atoms with Crippen LogP contribution < -0.4 is 0 Å². The van der Waals surface area contributed by atoms with Gasteiger partial charge in [-0.15, -0.1) is 5.10 Å². The molecule has 0 saturated carbocycles. The number of aromatic nitrogens is 3. The van der Waals surface area contributed by atoms with Gasteiger partial charge < -0.3 is 9.47 Å². The van der Waals surface area contributed by atoms with Gasteiger partial charge in [-0.1, -0.05) is 11.8 Å². The van der Waals surface area contributed by atoms with Crippen molar-refractivity contribution in [1.29, 1.82) is 0 Å². The maximum Gasteiger partial charge on any atom is 0.209 e. The molecule has 0 atom stereocenters. The highest BCUT2D eigenvalue weighted by atomic mass is 32.2. The fourth-order valence-electron chi connectivity index (χ4n) is 2.81. The first-order chi connectivity index (χ1) is 14.8. The molecule has 0 bridgehead atoms. The lowest BCUT2D eigenvalue weighted by molar-refractivity contribution is -0.120. The summed E-state index contributed by atoms with van der Waals surface area (Å²) < 4.78 is 49.7. The van der Waals surface area contributed by atoms with E-state index in [4.69, 9.17) is 9.47 Å². The quantitative estimate of drug-likeness (QED) is 0.331. The van der Waals surface area contributed by atoms with E-state index >= 15 is 0 Å². The minimum absolute atomic E-state index is 0.218. The lowest BCUT2D eigenvalue weighted by Crippen LogP contribution is -2.20. The van der Waals surface area contributed by atoms with Crippen LogP contribution in [0.25, 0.3) is 17.1 Å². The molecule has 3 aromatic rings. The summed E-state index contributed by atoms with van der Waals surface area (Å²) in [5.41, 5.74) is 1.32. The molecule has 166 valence electrons. The second kappa shape index (κ2) is 10.4. The molecule has 0 spiro atoms. The van der Waals surface area contributed by atoms with E-state index in [1.807, 2.05) is 13.8 Å². The Labute approximate surface area is 185 Å². The highest BCUT2D eigenvalue weighted by molar-refractivity contribution is 7.99. The number of ether oxygens (including phenoxy) is 2. The first-order valence-corrected chi connectivity index (χ1v) is 12.6. The van der Waals surface area contributed by atoms with E-state index in [-0.39, 0.29) is 17.0 Å². The molecular weight excluding hydrogens is 441 g/mol.